The maximum Gasteiger partial charge on any atom is 0.272 e. The Morgan fingerprint density at radius 3 is 2.90 bits per heavy atom. The number of halogens is 1. The molecule has 0 fully saturated rings. The predicted octanol–water partition coefficient (Wildman–Crippen LogP) is 1.53. The molecule has 1 atom stereocenters. The Kier molecular flexibility index (Phi) is 2.33. The van der Waals surface area contributed by atoms with Gasteiger partial charge in [-0.15, -0.1) is 11.6 Å². The quantitative estimate of drug-likeness (QED) is 0.499. The third-order valence-electron chi connectivity index (χ3n) is 1.56. The zero-order valence-corrected chi connectivity index (χ0v) is 7.02. The Bertz CT molecular complexity index is 207. The van der Waals surface area contributed by atoms with E-state index in [0.717, 1.165) is 12.2 Å². The van der Waals surface area contributed by atoms with Gasteiger partial charge in [-0.3, -0.25) is 0 Å². The van der Waals surface area contributed by atoms with E-state index >= 15 is 0 Å². The molecular weight excluding hydrogens is 148 g/mol. The van der Waals surface area contributed by atoms with E-state index in [2.05, 4.69) is 11.9 Å². The normalized spacial score (nSPS) is 13.5. The zero-order chi connectivity index (χ0) is 7.56. The number of hydrogen-bond donors (Lipinski definition) is 1. The van der Waals surface area contributed by atoms with Crippen molar-refractivity contribution in [2.45, 2.75) is 18.7 Å². The van der Waals surface area contributed by atoms with Crippen LogP contribution in [0.3, 0.4) is 0 Å². The summed E-state index contributed by atoms with van der Waals surface area (Å²) in [5.74, 6) is 1.07. The summed E-state index contributed by atoms with van der Waals surface area (Å²) in [4.78, 5) is 3.09. The number of alkyl halides is 1. The monoisotopic (exact) mass is 159 g/mol. The fourth-order valence-corrected chi connectivity index (χ4v) is 1.14. The summed E-state index contributed by atoms with van der Waals surface area (Å²) in [5.41, 5.74) is 0. The first-order valence-electron chi connectivity index (χ1n) is 3.42. The van der Waals surface area contributed by atoms with E-state index < -0.39 is 0 Å². The molecule has 3 heteroatoms. The third-order valence-corrected chi connectivity index (χ3v) is 2.08. The molecule has 1 aromatic heterocycles. The number of aryl methyl sites for hydroxylation is 1. The molecule has 0 aromatic carbocycles. The molecule has 0 radical (unpaired) electrons. The number of H-pyrrole nitrogens is 1. The molecule has 0 aliphatic heterocycles. The SMILES string of the molecule is CCC(Cl)c1[nH]cc[n+]1C. The summed E-state index contributed by atoms with van der Waals surface area (Å²) in [6.07, 6.45) is 4.80. The van der Waals surface area contributed by atoms with Gasteiger partial charge in [-0.25, -0.2) is 9.55 Å². The largest absolute Gasteiger partial charge is 0.272 e. The third kappa shape index (κ3) is 1.32. The molecule has 1 aromatic rings. The molecule has 0 saturated carbocycles. The first-order chi connectivity index (χ1) is 4.75. The summed E-state index contributed by atoms with van der Waals surface area (Å²) in [6, 6.07) is 0. The molecule has 0 aliphatic carbocycles. The van der Waals surface area contributed by atoms with Gasteiger partial charge in [-0.2, -0.15) is 0 Å². The second-order valence-electron chi connectivity index (χ2n) is 2.33. The molecule has 0 amide bonds. The number of rotatable bonds is 2. The van der Waals surface area contributed by atoms with Crippen LogP contribution in [0.15, 0.2) is 12.4 Å². The maximum absolute atomic E-state index is 5.99. The lowest BCUT2D eigenvalue weighted by Crippen LogP contribution is -2.31. The minimum Gasteiger partial charge on any atom is -0.246 e. The first kappa shape index (κ1) is 7.61. The van der Waals surface area contributed by atoms with Crippen molar-refractivity contribution in [3.05, 3.63) is 18.2 Å². The molecule has 10 heavy (non-hydrogen) atoms. The van der Waals surface area contributed by atoms with Crippen LogP contribution in [0.2, 0.25) is 0 Å². The first-order valence-corrected chi connectivity index (χ1v) is 3.86. The fourth-order valence-electron chi connectivity index (χ4n) is 0.921. The van der Waals surface area contributed by atoms with E-state index in [-0.39, 0.29) is 5.38 Å². The second kappa shape index (κ2) is 3.06. The lowest BCUT2D eigenvalue weighted by Gasteiger charge is -1.98. The highest BCUT2D eigenvalue weighted by Crippen LogP contribution is 2.17. The van der Waals surface area contributed by atoms with E-state index in [1.54, 1.807) is 0 Å². The summed E-state index contributed by atoms with van der Waals surface area (Å²) in [7, 11) is 1.98. The van der Waals surface area contributed by atoms with Crippen molar-refractivity contribution in [3.63, 3.8) is 0 Å². The number of hydrogen-bond acceptors (Lipinski definition) is 0. The highest BCUT2D eigenvalue weighted by atomic mass is 35.5. The van der Waals surface area contributed by atoms with Gasteiger partial charge in [0, 0.05) is 0 Å². The van der Waals surface area contributed by atoms with Crippen LogP contribution in [-0.2, 0) is 7.05 Å². The van der Waals surface area contributed by atoms with Gasteiger partial charge >= 0.3 is 0 Å². The number of nitrogens with one attached hydrogen (secondary N) is 1. The Balaban J connectivity index is 2.82. The van der Waals surface area contributed by atoms with Crippen molar-refractivity contribution in [3.8, 4) is 0 Å². The van der Waals surface area contributed by atoms with Crippen molar-refractivity contribution in [2.24, 2.45) is 7.05 Å². The molecule has 0 aliphatic rings. The lowest BCUT2D eigenvalue weighted by molar-refractivity contribution is -0.678. The van der Waals surface area contributed by atoms with Gasteiger partial charge in [0.1, 0.15) is 17.8 Å². The van der Waals surface area contributed by atoms with Gasteiger partial charge in [0.25, 0.3) is 5.82 Å². The van der Waals surface area contributed by atoms with Gasteiger partial charge in [0.15, 0.2) is 0 Å². The predicted molar refractivity (Wildman–Crippen MR) is 40.9 cm³/mol. The Labute approximate surface area is 65.8 Å². The van der Waals surface area contributed by atoms with Crippen LogP contribution in [0, 0.1) is 0 Å². The van der Waals surface area contributed by atoms with Crippen molar-refractivity contribution in [1.29, 1.82) is 0 Å². The van der Waals surface area contributed by atoms with E-state index in [1.165, 1.54) is 0 Å². The van der Waals surface area contributed by atoms with Crippen LogP contribution >= 0.6 is 11.6 Å². The minimum atomic E-state index is 0.111. The van der Waals surface area contributed by atoms with E-state index in [4.69, 9.17) is 11.6 Å². The molecule has 1 heterocycles. The van der Waals surface area contributed by atoms with Crippen molar-refractivity contribution in [2.75, 3.05) is 0 Å². The molecular formula is C7H12ClN2+. The highest BCUT2D eigenvalue weighted by Gasteiger charge is 2.15. The molecule has 0 spiro atoms. The molecule has 1 N–H and O–H groups in total. The Hall–Kier alpha value is -0.500. The summed E-state index contributed by atoms with van der Waals surface area (Å²) < 4.78 is 2.00. The van der Waals surface area contributed by atoms with Gasteiger partial charge in [0.2, 0.25) is 0 Å². The van der Waals surface area contributed by atoms with Crippen molar-refractivity contribution >= 4 is 11.6 Å². The Morgan fingerprint density at radius 2 is 2.50 bits per heavy atom. The topological polar surface area (TPSA) is 19.7 Å². The van der Waals surface area contributed by atoms with Gasteiger partial charge in [0.05, 0.1) is 7.05 Å². The maximum atomic E-state index is 5.99. The average molecular weight is 160 g/mol. The van der Waals surface area contributed by atoms with Gasteiger partial charge in [-0.1, -0.05) is 6.92 Å². The van der Waals surface area contributed by atoms with Gasteiger partial charge < -0.3 is 0 Å². The molecule has 56 valence electrons. The number of aromatic amines is 1. The standard InChI is InChI=1S/C7H11ClN2/c1-3-6(8)7-9-4-5-10(7)2/h4-6H,3H2,1-2H3/p+1. The lowest BCUT2D eigenvalue weighted by atomic mass is 10.3. The number of nitrogens with zero attached hydrogens (tertiary/aromatic N) is 1. The summed E-state index contributed by atoms with van der Waals surface area (Å²) in [6.45, 7) is 2.07. The Morgan fingerprint density at radius 1 is 1.80 bits per heavy atom. The number of imidazole rings is 1. The molecule has 1 unspecified atom stereocenters. The fraction of sp³-hybridized carbons (Fsp3) is 0.571. The van der Waals surface area contributed by atoms with Gasteiger partial charge in [-0.05, 0) is 6.42 Å². The molecule has 0 saturated heterocycles. The van der Waals surface area contributed by atoms with E-state index in [0.29, 0.717) is 0 Å². The molecule has 2 nitrogen and oxygen atoms in total. The molecule has 1 rings (SSSR count). The van der Waals surface area contributed by atoms with Crippen LogP contribution in [0.4, 0.5) is 0 Å². The van der Waals surface area contributed by atoms with Crippen molar-refractivity contribution in [1.82, 2.24) is 4.98 Å². The van der Waals surface area contributed by atoms with Crippen molar-refractivity contribution < 1.29 is 4.57 Å². The minimum absolute atomic E-state index is 0.111. The highest BCUT2D eigenvalue weighted by molar-refractivity contribution is 6.20. The zero-order valence-electron chi connectivity index (χ0n) is 6.26. The summed E-state index contributed by atoms with van der Waals surface area (Å²) >= 11 is 5.99. The molecule has 0 bridgehead atoms. The van der Waals surface area contributed by atoms with Crippen LogP contribution in [0.1, 0.15) is 24.5 Å². The van der Waals surface area contributed by atoms with E-state index in [1.807, 2.05) is 24.0 Å². The van der Waals surface area contributed by atoms with Crippen LogP contribution < -0.4 is 4.57 Å². The summed E-state index contributed by atoms with van der Waals surface area (Å²) in [5, 5.41) is 0.111. The van der Waals surface area contributed by atoms with Crippen LogP contribution in [0.5, 0.6) is 0 Å². The van der Waals surface area contributed by atoms with Crippen LogP contribution in [-0.4, -0.2) is 4.98 Å². The second-order valence-corrected chi connectivity index (χ2v) is 2.86. The van der Waals surface area contributed by atoms with Crippen LogP contribution in [0.25, 0.3) is 0 Å². The average Bonchev–Trinajstić information content (AvgIpc) is 2.34. The smallest absolute Gasteiger partial charge is 0.246 e. The van der Waals surface area contributed by atoms with E-state index in [9.17, 15) is 0 Å². The number of aromatic nitrogens is 2.